The highest BCUT2D eigenvalue weighted by molar-refractivity contribution is 9.09. The predicted octanol–water partition coefficient (Wildman–Crippen LogP) is 1.52. The third-order valence-corrected chi connectivity index (χ3v) is 3.10. The van der Waals surface area contributed by atoms with Gasteiger partial charge in [0.05, 0.1) is 12.4 Å². The summed E-state index contributed by atoms with van der Waals surface area (Å²) in [6, 6.07) is 0.380. The smallest absolute Gasteiger partial charge is 0.199 e. The zero-order chi connectivity index (χ0) is 12.3. The summed E-state index contributed by atoms with van der Waals surface area (Å²) in [7, 11) is 0. The highest BCUT2D eigenvalue weighted by Gasteiger charge is 2.14. The van der Waals surface area contributed by atoms with Gasteiger partial charge in [-0.15, -0.1) is 5.10 Å². The first kappa shape index (κ1) is 12.2. The lowest BCUT2D eigenvalue weighted by molar-refractivity contribution is 0.646. The van der Waals surface area contributed by atoms with Gasteiger partial charge >= 0.3 is 0 Å². The first-order valence-electron chi connectivity index (χ1n) is 5.58. The molecule has 6 nitrogen and oxygen atoms in total. The summed E-state index contributed by atoms with van der Waals surface area (Å²) in [6.07, 6.45) is 4.53. The normalized spacial score (nSPS) is 11.3. The summed E-state index contributed by atoms with van der Waals surface area (Å²) in [4.78, 5) is 6.43. The molecule has 0 saturated carbocycles. The van der Waals surface area contributed by atoms with Crippen LogP contribution >= 0.6 is 15.9 Å². The molecule has 0 radical (unpaired) electrons. The number of alkyl halides is 1. The van der Waals surface area contributed by atoms with Crippen molar-refractivity contribution in [3.8, 4) is 0 Å². The van der Waals surface area contributed by atoms with Crippen molar-refractivity contribution >= 4 is 27.4 Å². The number of anilines is 1. The Hall–Kier alpha value is -1.24. The van der Waals surface area contributed by atoms with E-state index < -0.39 is 0 Å². The second-order valence-corrected chi connectivity index (χ2v) is 4.84. The van der Waals surface area contributed by atoms with E-state index in [4.69, 9.17) is 0 Å². The third kappa shape index (κ3) is 2.54. The Morgan fingerprint density at radius 1 is 1.41 bits per heavy atom. The first-order chi connectivity index (χ1) is 8.24. The van der Waals surface area contributed by atoms with E-state index in [1.165, 1.54) is 0 Å². The van der Waals surface area contributed by atoms with Crippen molar-refractivity contribution in [1.82, 2.24) is 25.0 Å². The van der Waals surface area contributed by atoms with Gasteiger partial charge in [0.1, 0.15) is 0 Å². The van der Waals surface area contributed by atoms with Crippen LogP contribution in [-0.2, 0) is 0 Å². The standard InChI is InChI=1S/C10H15BrN6/c1-8(2)16(5-3-4-11)10-7-12-6-9-13-14-15-17(9)10/h6-8H,3-5H2,1-2H3. The van der Waals surface area contributed by atoms with Gasteiger partial charge < -0.3 is 4.90 Å². The zero-order valence-corrected chi connectivity index (χ0v) is 11.5. The highest BCUT2D eigenvalue weighted by atomic mass is 79.9. The topological polar surface area (TPSA) is 59.2 Å². The molecule has 0 N–H and O–H groups in total. The van der Waals surface area contributed by atoms with Crippen molar-refractivity contribution in [3.63, 3.8) is 0 Å². The minimum absolute atomic E-state index is 0.380. The van der Waals surface area contributed by atoms with Gasteiger partial charge in [-0.25, -0.2) is 0 Å². The van der Waals surface area contributed by atoms with Crippen LogP contribution in [0.3, 0.4) is 0 Å². The molecule has 0 fully saturated rings. The van der Waals surface area contributed by atoms with Gasteiger partial charge in [0, 0.05) is 17.9 Å². The summed E-state index contributed by atoms with van der Waals surface area (Å²) in [5, 5.41) is 12.5. The fourth-order valence-corrected chi connectivity index (χ4v) is 1.98. The van der Waals surface area contributed by atoms with Crippen molar-refractivity contribution in [2.45, 2.75) is 26.3 Å². The molecule has 2 heterocycles. The molecule has 0 aliphatic carbocycles. The van der Waals surface area contributed by atoms with Crippen molar-refractivity contribution in [2.24, 2.45) is 0 Å². The number of fused-ring (bicyclic) bond motifs is 1. The van der Waals surface area contributed by atoms with E-state index in [1.807, 2.05) is 0 Å². The molecule has 17 heavy (non-hydrogen) atoms. The summed E-state index contributed by atoms with van der Waals surface area (Å²) in [6.45, 7) is 5.25. The van der Waals surface area contributed by atoms with Crippen LogP contribution in [-0.4, -0.2) is 42.9 Å². The van der Waals surface area contributed by atoms with E-state index in [1.54, 1.807) is 16.9 Å². The minimum atomic E-state index is 0.380. The lowest BCUT2D eigenvalue weighted by atomic mass is 10.3. The Morgan fingerprint density at radius 3 is 2.94 bits per heavy atom. The summed E-state index contributed by atoms with van der Waals surface area (Å²) in [5.74, 6) is 0.934. The third-order valence-electron chi connectivity index (χ3n) is 2.54. The van der Waals surface area contributed by atoms with Gasteiger partial charge in [0.25, 0.3) is 0 Å². The van der Waals surface area contributed by atoms with Gasteiger partial charge in [0.15, 0.2) is 11.5 Å². The van der Waals surface area contributed by atoms with Crippen molar-refractivity contribution in [3.05, 3.63) is 12.4 Å². The molecule has 0 spiro atoms. The fourth-order valence-electron chi connectivity index (χ4n) is 1.73. The lowest BCUT2D eigenvalue weighted by Crippen LogP contribution is -2.33. The van der Waals surface area contributed by atoms with E-state index in [-0.39, 0.29) is 0 Å². The Morgan fingerprint density at radius 2 is 2.24 bits per heavy atom. The maximum atomic E-state index is 4.18. The van der Waals surface area contributed by atoms with E-state index >= 15 is 0 Å². The Labute approximate surface area is 108 Å². The quantitative estimate of drug-likeness (QED) is 0.783. The molecule has 0 aromatic carbocycles. The Kier molecular flexibility index (Phi) is 3.88. The molecule has 0 amide bonds. The minimum Gasteiger partial charge on any atom is -0.353 e. The molecular weight excluding hydrogens is 284 g/mol. The monoisotopic (exact) mass is 298 g/mol. The van der Waals surface area contributed by atoms with Crippen LogP contribution in [0.5, 0.6) is 0 Å². The number of halogens is 1. The molecule has 0 atom stereocenters. The highest BCUT2D eigenvalue weighted by Crippen LogP contribution is 2.16. The zero-order valence-electron chi connectivity index (χ0n) is 9.91. The van der Waals surface area contributed by atoms with Gasteiger partial charge in [-0.2, -0.15) is 4.52 Å². The molecule has 2 rings (SSSR count). The van der Waals surface area contributed by atoms with E-state index in [2.05, 4.69) is 55.2 Å². The van der Waals surface area contributed by atoms with Crippen LogP contribution in [0.25, 0.3) is 5.65 Å². The van der Waals surface area contributed by atoms with Crippen LogP contribution < -0.4 is 4.90 Å². The first-order valence-corrected chi connectivity index (χ1v) is 6.71. The maximum absolute atomic E-state index is 4.18. The van der Waals surface area contributed by atoms with Gasteiger partial charge in [-0.3, -0.25) is 4.98 Å². The van der Waals surface area contributed by atoms with E-state index in [0.717, 1.165) is 24.1 Å². The number of hydrogen-bond donors (Lipinski definition) is 0. The van der Waals surface area contributed by atoms with Crippen LogP contribution in [0.15, 0.2) is 12.4 Å². The van der Waals surface area contributed by atoms with Crippen molar-refractivity contribution in [1.29, 1.82) is 0 Å². The summed E-state index contributed by atoms with van der Waals surface area (Å²) in [5.41, 5.74) is 0.673. The molecule has 2 aromatic rings. The second kappa shape index (κ2) is 5.39. The number of nitrogens with zero attached hydrogens (tertiary/aromatic N) is 6. The van der Waals surface area contributed by atoms with Crippen LogP contribution in [0.1, 0.15) is 20.3 Å². The Bertz CT molecular complexity index is 482. The average molecular weight is 299 g/mol. The molecule has 0 saturated heterocycles. The molecule has 2 aromatic heterocycles. The predicted molar refractivity (Wildman–Crippen MR) is 69.5 cm³/mol. The van der Waals surface area contributed by atoms with Crippen molar-refractivity contribution < 1.29 is 0 Å². The van der Waals surface area contributed by atoms with E-state index in [9.17, 15) is 0 Å². The number of aromatic nitrogens is 5. The fraction of sp³-hybridized carbons (Fsp3) is 0.600. The molecule has 0 aliphatic heterocycles. The molecule has 7 heteroatoms. The van der Waals surface area contributed by atoms with Crippen LogP contribution in [0, 0.1) is 0 Å². The maximum Gasteiger partial charge on any atom is 0.199 e. The van der Waals surface area contributed by atoms with Crippen LogP contribution in [0.4, 0.5) is 5.82 Å². The summed E-state index contributed by atoms with van der Waals surface area (Å²) >= 11 is 3.45. The van der Waals surface area contributed by atoms with E-state index in [0.29, 0.717) is 11.7 Å². The molecule has 0 unspecified atom stereocenters. The van der Waals surface area contributed by atoms with Gasteiger partial charge in [-0.05, 0) is 30.7 Å². The molecular formula is C10H15BrN6. The SMILES string of the molecule is CC(C)N(CCCBr)c1cncc2nnnn12. The Balaban J connectivity index is 2.37. The number of rotatable bonds is 5. The second-order valence-electron chi connectivity index (χ2n) is 4.04. The molecule has 0 aliphatic rings. The lowest BCUT2D eigenvalue weighted by Gasteiger charge is -2.28. The van der Waals surface area contributed by atoms with Crippen LogP contribution in [0.2, 0.25) is 0 Å². The summed E-state index contributed by atoms with van der Waals surface area (Å²) < 4.78 is 1.72. The van der Waals surface area contributed by atoms with Crippen molar-refractivity contribution in [2.75, 3.05) is 16.8 Å². The van der Waals surface area contributed by atoms with Gasteiger partial charge in [-0.1, -0.05) is 15.9 Å². The van der Waals surface area contributed by atoms with Gasteiger partial charge in [0.2, 0.25) is 0 Å². The largest absolute Gasteiger partial charge is 0.353 e. The number of hydrogen-bond acceptors (Lipinski definition) is 5. The number of tetrazole rings is 1. The molecule has 0 bridgehead atoms. The molecule has 92 valence electrons. The average Bonchev–Trinajstić information content (AvgIpc) is 2.77.